The third-order valence-corrected chi connectivity index (χ3v) is 3.90. The SMILES string of the molecule is CCNCc1ccnc(N(CC)CC2CCC2)c1F. The van der Waals surface area contributed by atoms with Crippen molar-refractivity contribution in [1.29, 1.82) is 0 Å². The number of nitrogens with zero attached hydrogens (tertiary/aromatic N) is 2. The maximum atomic E-state index is 14.5. The number of hydrogen-bond acceptors (Lipinski definition) is 3. The predicted octanol–water partition coefficient (Wildman–Crippen LogP) is 2.96. The van der Waals surface area contributed by atoms with E-state index in [4.69, 9.17) is 0 Å². The number of pyridine rings is 1. The molecule has 1 aliphatic carbocycles. The van der Waals surface area contributed by atoms with E-state index in [0.717, 1.165) is 25.6 Å². The molecule has 0 unspecified atom stereocenters. The van der Waals surface area contributed by atoms with Crippen molar-refractivity contribution in [2.75, 3.05) is 24.5 Å². The van der Waals surface area contributed by atoms with Crippen LogP contribution in [-0.2, 0) is 6.54 Å². The van der Waals surface area contributed by atoms with Gasteiger partial charge in [0.2, 0.25) is 0 Å². The average Bonchev–Trinajstić information content (AvgIpc) is 2.37. The quantitative estimate of drug-likeness (QED) is 0.821. The van der Waals surface area contributed by atoms with E-state index in [1.54, 1.807) is 12.3 Å². The third-order valence-electron chi connectivity index (χ3n) is 3.90. The molecule has 1 aromatic rings. The lowest BCUT2D eigenvalue weighted by Crippen LogP contribution is -2.34. The van der Waals surface area contributed by atoms with E-state index in [1.807, 2.05) is 6.92 Å². The Morgan fingerprint density at radius 3 is 2.79 bits per heavy atom. The van der Waals surface area contributed by atoms with Crippen LogP contribution in [0.4, 0.5) is 10.2 Å². The molecule has 1 N–H and O–H groups in total. The molecule has 19 heavy (non-hydrogen) atoms. The van der Waals surface area contributed by atoms with E-state index in [2.05, 4.69) is 22.1 Å². The Morgan fingerprint density at radius 1 is 1.42 bits per heavy atom. The van der Waals surface area contributed by atoms with E-state index in [-0.39, 0.29) is 5.82 Å². The van der Waals surface area contributed by atoms with Crippen molar-refractivity contribution < 1.29 is 4.39 Å². The van der Waals surface area contributed by atoms with E-state index < -0.39 is 0 Å². The molecule has 106 valence electrons. The van der Waals surface area contributed by atoms with Crippen molar-refractivity contribution in [1.82, 2.24) is 10.3 Å². The largest absolute Gasteiger partial charge is 0.354 e. The molecular weight excluding hydrogens is 241 g/mol. The van der Waals surface area contributed by atoms with Crippen molar-refractivity contribution >= 4 is 5.82 Å². The number of aromatic nitrogens is 1. The molecule has 1 saturated carbocycles. The van der Waals surface area contributed by atoms with Crippen molar-refractivity contribution in [3.63, 3.8) is 0 Å². The van der Waals surface area contributed by atoms with Crippen LogP contribution >= 0.6 is 0 Å². The molecule has 3 nitrogen and oxygen atoms in total. The topological polar surface area (TPSA) is 28.2 Å². The van der Waals surface area contributed by atoms with Gasteiger partial charge in [0, 0.05) is 31.4 Å². The molecule has 4 heteroatoms. The van der Waals surface area contributed by atoms with Crippen LogP contribution < -0.4 is 10.2 Å². The Morgan fingerprint density at radius 2 is 2.21 bits per heavy atom. The van der Waals surface area contributed by atoms with Gasteiger partial charge in [0.15, 0.2) is 11.6 Å². The van der Waals surface area contributed by atoms with Crippen LogP contribution in [0.2, 0.25) is 0 Å². The summed E-state index contributed by atoms with van der Waals surface area (Å²) in [5.41, 5.74) is 0.707. The fourth-order valence-corrected chi connectivity index (χ4v) is 2.44. The van der Waals surface area contributed by atoms with Crippen LogP contribution in [0, 0.1) is 11.7 Å². The zero-order valence-corrected chi connectivity index (χ0v) is 12.0. The molecule has 0 amide bonds. The molecule has 0 bridgehead atoms. The second-order valence-corrected chi connectivity index (χ2v) is 5.22. The fraction of sp³-hybridized carbons (Fsp3) is 0.667. The lowest BCUT2D eigenvalue weighted by Gasteiger charge is -2.32. The van der Waals surface area contributed by atoms with Gasteiger partial charge in [-0.25, -0.2) is 9.37 Å². The van der Waals surface area contributed by atoms with E-state index in [1.165, 1.54) is 19.3 Å². The van der Waals surface area contributed by atoms with Gasteiger partial charge >= 0.3 is 0 Å². The third kappa shape index (κ3) is 3.44. The molecule has 0 saturated heterocycles. The first-order chi connectivity index (χ1) is 9.26. The van der Waals surface area contributed by atoms with E-state index >= 15 is 0 Å². The average molecular weight is 265 g/mol. The van der Waals surface area contributed by atoms with Crippen LogP contribution in [0.1, 0.15) is 38.7 Å². The van der Waals surface area contributed by atoms with Gasteiger partial charge in [-0.2, -0.15) is 0 Å². The second-order valence-electron chi connectivity index (χ2n) is 5.22. The van der Waals surface area contributed by atoms with Gasteiger partial charge in [0.05, 0.1) is 0 Å². The first-order valence-electron chi connectivity index (χ1n) is 7.35. The lowest BCUT2D eigenvalue weighted by molar-refractivity contribution is 0.317. The molecule has 2 rings (SSSR count). The van der Waals surface area contributed by atoms with E-state index in [9.17, 15) is 4.39 Å². The molecule has 0 atom stereocenters. The minimum atomic E-state index is -0.162. The predicted molar refractivity (Wildman–Crippen MR) is 76.8 cm³/mol. The lowest BCUT2D eigenvalue weighted by atomic mass is 9.85. The first-order valence-corrected chi connectivity index (χ1v) is 7.35. The van der Waals surface area contributed by atoms with Gasteiger partial charge < -0.3 is 10.2 Å². The number of nitrogens with one attached hydrogen (secondary N) is 1. The summed E-state index contributed by atoms with van der Waals surface area (Å²) >= 11 is 0. The maximum absolute atomic E-state index is 14.5. The highest BCUT2D eigenvalue weighted by molar-refractivity contribution is 5.43. The molecule has 1 fully saturated rings. The van der Waals surface area contributed by atoms with Crippen LogP contribution in [0.5, 0.6) is 0 Å². The van der Waals surface area contributed by atoms with Gasteiger partial charge in [-0.1, -0.05) is 13.3 Å². The zero-order chi connectivity index (χ0) is 13.7. The smallest absolute Gasteiger partial charge is 0.170 e. The minimum absolute atomic E-state index is 0.162. The Bertz CT molecular complexity index is 404. The number of hydrogen-bond donors (Lipinski definition) is 1. The van der Waals surface area contributed by atoms with Gasteiger partial charge in [-0.05, 0) is 38.3 Å². The van der Waals surface area contributed by atoms with Crippen molar-refractivity contribution in [3.8, 4) is 0 Å². The normalized spacial score (nSPS) is 15.3. The summed E-state index contributed by atoms with van der Waals surface area (Å²) < 4.78 is 14.5. The van der Waals surface area contributed by atoms with Crippen LogP contribution in [0.25, 0.3) is 0 Å². The number of anilines is 1. The molecule has 0 radical (unpaired) electrons. The van der Waals surface area contributed by atoms with Gasteiger partial charge in [0.1, 0.15) is 0 Å². The fourth-order valence-electron chi connectivity index (χ4n) is 2.44. The van der Waals surface area contributed by atoms with Crippen LogP contribution in [0.15, 0.2) is 12.3 Å². The summed E-state index contributed by atoms with van der Waals surface area (Å²) in [6.45, 7) is 7.25. The van der Waals surface area contributed by atoms with Crippen molar-refractivity contribution in [3.05, 3.63) is 23.6 Å². The number of halogens is 1. The summed E-state index contributed by atoms with van der Waals surface area (Å²) in [5, 5.41) is 3.17. The molecular formula is C15H24FN3. The molecule has 1 heterocycles. The Hall–Kier alpha value is -1.16. The van der Waals surface area contributed by atoms with Crippen molar-refractivity contribution in [2.24, 2.45) is 5.92 Å². The summed E-state index contributed by atoms with van der Waals surface area (Å²) in [5.74, 6) is 1.08. The standard InChI is InChI=1S/C15H24FN3/c1-3-17-10-13-8-9-18-15(14(13)16)19(4-2)11-12-6-5-7-12/h8-9,12,17H,3-7,10-11H2,1-2H3. The monoisotopic (exact) mass is 265 g/mol. The first kappa shape index (κ1) is 14.3. The van der Waals surface area contributed by atoms with Crippen LogP contribution in [0.3, 0.4) is 0 Å². The van der Waals surface area contributed by atoms with Gasteiger partial charge in [0.25, 0.3) is 0 Å². The Balaban J connectivity index is 2.11. The van der Waals surface area contributed by atoms with Crippen LogP contribution in [-0.4, -0.2) is 24.6 Å². The molecule has 0 aromatic carbocycles. The Kier molecular flexibility index (Phi) is 5.14. The number of rotatable bonds is 7. The van der Waals surface area contributed by atoms with Crippen molar-refractivity contribution in [2.45, 2.75) is 39.7 Å². The zero-order valence-electron chi connectivity index (χ0n) is 12.0. The summed E-state index contributed by atoms with van der Waals surface area (Å²) in [4.78, 5) is 6.33. The highest BCUT2D eigenvalue weighted by Crippen LogP contribution is 2.29. The molecule has 1 aromatic heterocycles. The second kappa shape index (κ2) is 6.85. The molecule has 1 aliphatic rings. The minimum Gasteiger partial charge on any atom is -0.354 e. The molecule has 0 aliphatic heterocycles. The maximum Gasteiger partial charge on any atom is 0.170 e. The summed E-state index contributed by atoms with van der Waals surface area (Å²) in [7, 11) is 0. The Labute approximate surface area is 115 Å². The van der Waals surface area contributed by atoms with Gasteiger partial charge in [-0.15, -0.1) is 0 Å². The highest BCUT2D eigenvalue weighted by Gasteiger charge is 2.23. The molecule has 0 spiro atoms. The highest BCUT2D eigenvalue weighted by atomic mass is 19.1. The van der Waals surface area contributed by atoms with Gasteiger partial charge in [-0.3, -0.25) is 0 Å². The summed E-state index contributed by atoms with van der Waals surface area (Å²) in [6, 6.07) is 1.76. The van der Waals surface area contributed by atoms with E-state index in [0.29, 0.717) is 17.9 Å². The summed E-state index contributed by atoms with van der Waals surface area (Å²) in [6.07, 6.45) is 5.58.